The van der Waals surface area contributed by atoms with E-state index in [2.05, 4.69) is 35.0 Å². The molecule has 0 aromatic heterocycles. The highest BCUT2D eigenvalue weighted by molar-refractivity contribution is 9.09. The number of alkyl halides is 1. The Hall–Kier alpha value is -0.110. The predicted octanol–water partition coefficient (Wildman–Crippen LogP) is 6.60. The lowest BCUT2D eigenvalue weighted by molar-refractivity contribution is -0.107. The van der Waals surface area contributed by atoms with Gasteiger partial charge >= 0.3 is 0 Å². The fraction of sp³-hybridized carbons (Fsp3) is 0.833. The number of hydrogen-bond donors (Lipinski definition) is 0. The molecule has 0 heterocycles. The zero-order valence-corrected chi connectivity index (χ0v) is 14.9. The van der Waals surface area contributed by atoms with E-state index in [1.165, 1.54) is 64.2 Å². The fourth-order valence-electron chi connectivity index (χ4n) is 2.29. The van der Waals surface area contributed by atoms with Crippen molar-refractivity contribution in [3.05, 3.63) is 12.2 Å². The number of aldehydes is 1. The van der Waals surface area contributed by atoms with Gasteiger partial charge in [-0.05, 0) is 38.5 Å². The summed E-state index contributed by atoms with van der Waals surface area (Å²) in [6, 6.07) is 0. The van der Waals surface area contributed by atoms with E-state index < -0.39 is 0 Å². The maximum atomic E-state index is 10.2. The van der Waals surface area contributed by atoms with Gasteiger partial charge in [-0.15, -0.1) is 0 Å². The van der Waals surface area contributed by atoms with Crippen molar-refractivity contribution in [2.75, 3.05) is 0 Å². The first kappa shape index (κ1) is 19.9. The molecule has 1 atom stereocenters. The zero-order valence-electron chi connectivity index (χ0n) is 13.3. The number of carbonyl (C=O) groups excluding carboxylic acids is 1. The molecule has 0 fully saturated rings. The summed E-state index contributed by atoms with van der Waals surface area (Å²) in [7, 11) is 0. The van der Waals surface area contributed by atoms with Crippen LogP contribution in [0.15, 0.2) is 12.2 Å². The van der Waals surface area contributed by atoms with E-state index in [0.29, 0.717) is 4.83 Å². The van der Waals surface area contributed by atoms with Gasteiger partial charge in [0.05, 0.1) is 0 Å². The van der Waals surface area contributed by atoms with Crippen molar-refractivity contribution in [2.24, 2.45) is 0 Å². The normalized spacial score (nSPS) is 12.9. The van der Waals surface area contributed by atoms with E-state index in [4.69, 9.17) is 0 Å². The van der Waals surface area contributed by atoms with Crippen LogP contribution in [0.2, 0.25) is 0 Å². The Morgan fingerprint density at radius 2 is 1.45 bits per heavy atom. The van der Waals surface area contributed by atoms with Gasteiger partial charge in [0.15, 0.2) is 0 Å². The van der Waals surface area contributed by atoms with Gasteiger partial charge in [0.1, 0.15) is 6.29 Å². The lowest BCUT2D eigenvalue weighted by atomic mass is 10.1. The number of halogens is 1. The molecule has 1 nitrogen and oxygen atoms in total. The topological polar surface area (TPSA) is 17.1 Å². The lowest BCUT2D eigenvalue weighted by Crippen LogP contribution is -1.96. The summed E-state index contributed by atoms with van der Waals surface area (Å²) in [5, 5.41) is 0. The molecule has 0 aliphatic rings. The van der Waals surface area contributed by atoms with Crippen LogP contribution in [0.1, 0.15) is 90.4 Å². The highest BCUT2D eigenvalue weighted by Crippen LogP contribution is 2.16. The summed E-state index contributed by atoms with van der Waals surface area (Å²) in [4.78, 5) is 10.8. The Kier molecular flexibility index (Phi) is 16.8. The molecule has 0 aliphatic carbocycles. The second-order valence-corrected chi connectivity index (χ2v) is 6.95. The first-order chi connectivity index (χ1) is 9.81. The third-order valence-corrected chi connectivity index (χ3v) is 4.54. The minimum atomic E-state index is 0.618. The molecule has 0 radical (unpaired) electrons. The van der Waals surface area contributed by atoms with Gasteiger partial charge in [0.2, 0.25) is 0 Å². The van der Waals surface area contributed by atoms with Crippen LogP contribution in [0.25, 0.3) is 0 Å². The van der Waals surface area contributed by atoms with Crippen LogP contribution in [-0.2, 0) is 4.79 Å². The van der Waals surface area contributed by atoms with Crippen molar-refractivity contribution in [1.29, 1.82) is 0 Å². The van der Waals surface area contributed by atoms with Crippen LogP contribution in [0.5, 0.6) is 0 Å². The fourth-order valence-corrected chi connectivity index (χ4v) is 2.88. The molecular weight excluding hydrogens is 312 g/mol. The highest BCUT2D eigenvalue weighted by Gasteiger charge is 2.01. The maximum absolute atomic E-state index is 10.2. The number of rotatable bonds is 15. The van der Waals surface area contributed by atoms with E-state index in [1.54, 1.807) is 0 Å². The monoisotopic (exact) mass is 344 g/mol. The summed E-state index contributed by atoms with van der Waals surface area (Å²) in [6.07, 6.45) is 21.8. The molecule has 0 spiro atoms. The third kappa shape index (κ3) is 15.9. The van der Waals surface area contributed by atoms with Gasteiger partial charge in [0, 0.05) is 11.2 Å². The van der Waals surface area contributed by atoms with Crippen molar-refractivity contribution in [1.82, 2.24) is 0 Å². The quantitative estimate of drug-likeness (QED) is 0.141. The summed E-state index contributed by atoms with van der Waals surface area (Å²) in [6.45, 7) is 2.27. The number of unbranched alkanes of at least 4 members (excludes halogenated alkanes) is 8. The summed E-state index contributed by atoms with van der Waals surface area (Å²) in [5.41, 5.74) is 0. The van der Waals surface area contributed by atoms with Crippen LogP contribution in [0.3, 0.4) is 0 Å². The van der Waals surface area contributed by atoms with Crippen molar-refractivity contribution in [3.63, 3.8) is 0 Å². The minimum Gasteiger partial charge on any atom is -0.303 e. The van der Waals surface area contributed by atoms with E-state index in [1.807, 2.05) is 0 Å². The molecule has 0 aliphatic heterocycles. The average molecular weight is 345 g/mol. The molecule has 1 unspecified atom stereocenters. The molecule has 118 valence electrons. The second kappa shape index (κ2) is 16.9. The van der Waals surface area contributed by atoms with Gasteiger partial charge < -0.3 is 4.79 Å². The van der Waals surface area contributed by atoms with E-state index >= 15 is 0 Å². The van der Waals surface area contributed by atoms with Crippen molar-refractivity contribution in [3.8, 4) is 0 Å². The van der Waals surface area contributed by atoms with Gasteiger partial charge in [0.25, 0.3) is 0 Å². The summed E-state index contributed by atoms with van der Waals surface area (Å²) >= 11 is 3.73. The second-order valence-electron chi connectivity index (χ2n) is 5.65. The highest BCUT2D eigenvalue weighted by atomic mass is 79.9. The van der Waals surface area contributed by atoms with Crippen LogP contribution in [-0.4, -0.2) is 11.1 Å². The van der Waals surface area contributed by atoms with E-state index in [9.17, 15) is 4.79 Å². The SMILES string of the molecule is CCCCCCCC/C=C\CCC(Br)CCCCC=O. The predicted molar refractivity (Wildman–Crippen MR) is 93.6 cm³/mol. The Morgan fingerprint density at radius 1 is 0.800 bits per heavy atom. The molecule has 0 aromatic carbocycles. The van der Waals surface area contributed by atoms with Crippen molar-refractivity contribution >= 4 is 22.2 Å². The first-order valence-electron chi connectivity index (χ1n) is 8.54. The molecule has 2 heteroatoms. The molecule has 0 saturated heterocycles. The van der Waals surface area contributed by atoms with Crippen LogP contribution in [0.4, 0.5) is 0 Å². The number of hydrogen-bond acceptors (Lipinski definition) is 1. The molecule has 0 saturated carbocycles. The number of carbonyl (C=O) groups is 1. The lowest BCUT2D eigenvalue weighted by Gasteiger charge is -2.06. The Morgan fingerprint density at radius 3 is 2.20 bits per heavy atom. The Labute approximate surface area is 134 Å². The smallest absolute Gasteiger partial charge is 0.119 e. The molecule has 0 bridgehead atoms. The number of allylic oxidation sites excluding steroid dienone is 2. The molecule has 0 rings (SSSR count). The van der Waals surface area contributed by atoms with Crippen LogP contribution >= 0.6 is 15.9 Å². The van der Waals surface area contributed by atoms with Gasteiger partial charge in [-0.2, -0.15) is 0 Å². The summed E-state index contributed by atoms with van der Waals surface area (Å²) < 4.78 is 0. The minimum absolute atomic E-state index is 0.618. The first-order valence-corrected chi connectivity index (χ1v) is 9.45. The third-order valence-electron chi connectivity index (χ3n) is 3.63. The summed E-state index contributed by atoms with van der Waals surface area (Å²) in [5.74, 6) is 0. The van der Waals surface area contributed by atoms with Gasteiger partial charge in [-0.25, -0.2) is 0 Å². The van der Waals surface area contributed by atoms with Crippen molar-refractivity contribution < 1.29 is 4.79 Å². The molecule has 20 heavy (non-hydrogen) atoms. The Bertz CT molecular complexity index is 225. The molecule has 0 aromatic rings. The molecule has 0 amide bonds. The molecule has 0 N–H and O–H groups in total. The van der Waals surface area contributed by atoms with E-state index in [0.717, 1.165) is 25.5 Å². The Balaban J connectivity index is 3.23. The van der Waals surface area contributed by atoms with Crippen LogP contribution in [0, 0.1) is 0 Å². The molecular formula is C18H33BrO. The van der Waals surface area contributed by atoms with E-state index in [-0.39, 0.29) is 0 Å². The standard InChI is InChI=1S/C18H33BrO/c1-2-3-4-5-6-7-8-9-10-12-15-18(19)16-13-11-14-17-20/h9-10,17-18H,2-8,11-16H2,1H3/b10-9-. The van der Waals surface area contributed by atoms with Gasteiger partial charge in [-0.1, -0.05) is 73.5 Å². The maximum Gasteiger partial charge on any atom is 0.119 e. The van der Waals surface area contributed by atoms with Gasteiger partial charge in [-0.3, -0.25) is 0 Å². The average Bonchev–Trinajstić information content (AvgIpc) is 2.45. The zero-order chi connectivity index (χ0) is 14.9. The van der Waals surface area contributed by atoms with Crippen molar-refractivity contribution in [2.45, 2.75) is 95.2 Å². The largest absolute Gasteiger partial charge is 0.303 e. The van der Waals surface area contributed by atoms with Crippen LogP contribution < -0.4 is 0 Å².